The number of hydrogen-bond acceptors (Lipinski definition) is 0. The summed E-state index contributed by atoms with van der Waals surface area (Å²) in [6, 6.07) is 21.5. The Labute approximate surface area is 138 Å². The van der Waals surface area contributed by atoms with Crippen LogP contribution in [0.3, 0.4) is 0 Å². The highest BCUT2D eigenvalue weighted by molar-refractivity contribution is 5.77. The fraction of sp³-hybridized carbons (Fsp3) is 0.190. The molecule has 0 saturated heterocycles. The van der Waals surface area contributed by atoms with Gasteiger partial charge in [0.2, 0.25) is 11.2 Å². The number of benzene rings is 2. The predicted molar refractivity (Wildman–Crippen MR) is 100 cm³/mol. The first-order valence-corrected chi connectivity index (χ1v) is 7.93. The van der Waals surface area contributed by atoms with E-state index in [9.17, 15) is 0 Å². The molecule has 1 heterocycles. The molecule has 0 unspecified atom stereocenters. The van der Waals surface area contributed by atoms with E-state index in [1.54, 1.807) is 0 Å². The fourth-order valence-electron chi connectivity index (χ4n) is 2.74. The predicted octanol–water partition coefficient (Wildman–Crippen LogP) is 4.03. The van der Waals surface area contributed by atoms with Crippen LogP contribution in [0.4, 0.5) is 5.69 Å². The minimum Gasteiger partial charge on any atom is -0.298 e. The third-order valence-electron chi connectivity index (χ3n) is 4.23. The zero-order valence-corrected chi connectivity index (χ0v) is 14.3. The number of pyridine rings is 1. The molecule has 0 saturated carbocycles. The number of hydrogen-bond donors (Lipinski definition) is 0. The Bertz CT molecular complexity index is 853. The highest BCUT2D eigenvalue weighted by Gasteiger charge is 2.11. The first-order valence-electron chi connectivity index (χ1n) is 7.93. The summed E-state index contributed by atoms with van der Waals surface area (Å²) in [4.78, 5) is 0. The summed E-state index contributed by atoms with van der Waals surface area (Å²) in [5.41, 5.74) is 4.96. The smallest absolute Gasteiger partial charge is 0.212 e. The summed E-state index contributed by atoms with van der Waals surface area (Å²) < 4.78 is 3.07. The van der Waals surface area contributed by atoms with Gasteiger partial charge < -0.3 is 0 Å². The molecule has 0 aliphatic carbocycles. The quantitative estimate of drug-likeness (QED) is 0.508. The second-order valence-electron chi connectivity index (χ2n) is 6.81. The van der Waals surface area contributed by atoms with Crippen molar-refractivity contribution in [3.63, 3.8) is 0 Å². The lowest BCUT2D eigenvalue weighted by atomic mass is 10.1. The van der Waals surface area contributed by atoms with Crippen molar-refractivity contribution in [1.82, 2.24) is 4.48 Å². The van der Waals surface area contributed by atoms with Gasteiger partial charge in [-0.2, -0.15) is 4.57 Å². The van der Waals surface area contributed by atoms with Gasteiger partial charge in [0, 0.05) is 23.6 Å². The molecule has 0 radical (unpaired) electrons. The van der Waals surface area contributed by atoms with Crippen molar-refractivity contribution in [3.8, 4) is 0 Å². The molecule has 0 N–H and O–H groups in total. The van der Waals surface area contributed by atoms with Gasteiger partial charge in [-0.15, -0.1) is 0 Å². The molecule has 3 rings (SSSR count). The summed E-state index contributed by atoms with van der Waals surface area (Å²) in [6.07, 6.45) is 4.34. The van der Waals surface area contributed by atoms with Gasteiger partial charge in [-0.05, 0) is 48.0 Å². The third kappa shape index (κ3) is 3.33. The molecular weight excluding hydrogens is 280 g/mol. The van der Waals surface area contributed by atoms with E-state index < -0.39 is 0 Å². The van der Waals surface area contributed by atoms with Gasteiger partial charge in [-0.25, -0.2) is 0 Å². The second kappa shape index (κ2) is 5.98. The van der Waals surface area contributed by atoms with Gasteiger partial charge in [0.05, 0.1) is 21.1 Å². The Morgan fingerprint density at radius 1 is 0.783 bits per heavy atom. The van der Waals surface area contributed by atoms with E-state index in [0.29, 0.717) is 0 Å². The van der Waals surface area contributed by atoms with Crippen molar-refractivity contribution in [2.45, 2.75) is 0 Å². The maximum Gasteiger partial charge on any atom is 0.212 e. The first kappa shape index (κ1) is 15.4. The van der Waals surface area contributed by atoms with E-state index in [1.807, 2.05) is 0 Å². The minimum atomic E-state index is 0.837. The summed E-state index contributed by atoms with van der Waals surface area (Å²) in [6.45, 7) is 0. The summed E-state index contributed by atoms with van der Waals surface area (Å²) in [7, 11) is 8.65. The Morgan fingerprint density at radius 3 is 2.17 bits per heavy atom. The molecule has 0 aliphatic heterocycles. The van der Waals surface area contributed by atoms with Crippen LogP contribution in [0.2, 0.25) is 0 Å². The lowest BCUT2D eigenvalue weighted by molar-refractivity contribution is -0.646. The van der Waals surface area contributed by atoms with Gasteiger partial charge in [-0.3, -0.25) is 4.48 Å². The summed E-state index contributed by atoms with van der Waals surface area (Å²) >= 11 is 0. The number of fused-ring (bicyclic) bond motifs is 1. The van der Waals surface area contributed by atoms with E-state index in [2.05, 4.69) is 106 Å². The van der Waals surface area contributed by atoms with Crippen LogP contribution in [0.1, 0.15) is 11.3 Å². The molecule has 2 aromatic carbocycles. The van der Waals surface area contributed by atoms with Crippen molar-refractivity contribution in [2.24, 2.45) is 7.05 Å². The van der Waals surface area contributed by atoms with Crippen molar-refractivity contribution >= 4 is 28.7 Å². The van der Waals surface area contributed by atoms with Gasteiger partial charge in [0.25, 0.3) is 0 Å². The number of aryl methyl sites for hydroxylation is 1. The minimum absolute atomic E-state index is 0.837. The number of aromatic nitrogens is 1. The van der Waals surface area contributed by atoms with E-state index in [4.69, 9.17) is 0 Å². The molecule has 0 atom stereocenters. The molecule has 116 valence electrons. The van der Waals surface area contributed by atoms with Crippen LogP contribution in [0, 0.1) is 0 Å². The maximum absolute atomic E-state index is 2.23. The summed E-state index contributed by atoms with van der Waals surface area (Å²) in [5.74, 6) is 0. The molecule has 2 heteroatoms. The zero-order chi connectivity index (χ0) is 16.4. The van der Waals surface area contributed by atoms with Crippen LogP contribution in [-0.4, -0.2) is 21.1 Å². The average Bonchev–Trinajstić information content (AvgIpc) is 2.54. The van der Waals surface area contributed by atoms with E-state index in [1.165, 1.54) is 27.8 Å². The average molecular weight is 304 g/mol. The molecule has 0 aliphatic rings. The topological polar surface area (TPSA) is 3.88 Å². The van der Waals surface area contributed by atoms with Crippen molar-refractivity contribution in [3.05, 3.63) is 71.9 Å². The SMILES string of the molecule is C[n+]1c(C=Cc2ccc([N+](C)(C)C)cc2)ccc2ccccc21. The highest BCUT2D eigenvalue weighted by Crippen LogP contribution is 2.18. The Morgan fingerprint density at radius 2 is 1.48 bits per heavy atom. The number of nitrogens with zero attached hydrogens (tertiary/aromatic N) is 2. The van der Waals surface area contributed by atoms with Crippen molar-refractivity contribution in [1.29, 1.82) is 0 Å². The van der Waals surface area contributed by atoms with Gasteiger partial charge in [0.1, 0.15) is 12.7 Å². The lowest BCUT2D eigenvalue weighted by Gasteiger charge is -2.23. The van der Waals surface area contributed by atoms with E-state index in [-0.39, 0.29) is 0 Å². The molecule has 0 spiro atoms. The molecule has 2 nitrogen and oxygen atoms in total. The Hall–Kier alpha value is -2.45. The number of rotatable bonds is 3. The van der Waals surface area contributed by atoms with Crippen LogP contribution in [0.5, 0.6) is 0 Å². The molecule has 0 bridgehead atoms. The second-order valence-corrected chi connectivity index (χ2v) is 6.81. The van der Waals surface area contributed by atoms with Gasteiger partial charge in [0.15, 0.2) is 0 Å². The number of quaternary nitrogens is 1. The van der Waals surface area contributed by atoms with E-state index in [0.717, 1.165) is 4.48 Å². The molecule has 1 aromatic heterocycles. The molecule has 23 heavy (non-hydrogen) atoms. The molecule has 3 aromatic rings. The van der Waals surface area contributed by atoms with Crippen molar-refractivity contribution in [2.75, 3.05) is 21.1 Å². The van der Waals surface area contributed by atoms with E-state index >= 15 is 0 Å². The monoisotopic (exact) mass is 304 g/mol. The van der Waals surface area contributed by atoms with Crippen LogP contribution >= 0.6 is 0 Å². The van der Waals surface area contributed by atoms with Crippen LogP contribution in [0.15, 0.2) is 60.7 Å². The fourth-order valence-corrected chi connectivity index (χ4v) is 2.74. The van der Waals surface area contributed by atoms with Gasteiger partial charge >= 0.3 is 0 Å². The molecule has 0 amide bonds. The largest absolute Gasteiger partial charge is 0.298 e. The standard InChI is InChI=1S/C21H24N2/c1-22-19(14-12-18-7-5-6-8-21(18)22)13-9-17-10-15-20(16-11-17)23(2,3)4/h5-16H,1-4H3/q+2. The van der Waals surface area contributed by atoms with Crippen LogP contribution in [-0.2, 0) is 7.05 Å². The Kier molecular flexibility index (Phi) is 4.01. The number of para-hydroxylation sites is 1. The Balaban J connectivity index is 1.90. The van der Waals surface area contributed by atoms with Crippen molar-refractivity contribution < 1.29 is 4.57 Å². The third-order valence-corrected chi connectivity index (χ3v) is 4.23. The first-order chi connectivity index (χ1) is 10.9. The maximum atomic E-state index is 2.23. The zero-order valence-electron chi connectivity index (χ0n) is 14.3. The van der Waals surface area contributed by atoms with Gasteiger partial charge in [-0.1, -0.05) is 12.1 Å². The normalized spacial score (nSPS) is 12.2. The molecule has 0 fully saturated rings. The molecular formula is C21H24N2+2. The lowest BCUT2D eigenvalue weighted by Crippen LogP contribution is -2.34. The summed E-state index contributed by atoms with van der Waals surface area (Å²) in [5, 5.41) is 1.26. The van der Waals surface area contributed by atoms with Crippen LogP contribution in [0.25, 0.3) is 23.1 Å². The highest BCUT2D eigenvalue weighted by atomic mass is 15.3. The van der Waals surface area contributed by atoms with Crippen LogP contribution < -0.4 is 9.05 Å².